The van der Waals surface area contributed by atoms with Crippen LogP contribution in [0.3, 0.4) is 0 Å². The van der Waals surface area contributed by atoms with Crippen LogP contribution in [-0.4, -0.2) is 35.7 Å². The van der Waals surface area contributed by atoms with E-state index in [0.29, 0.717) is 25.3 Å². The van der Waals surface area contributed by atoms with E-state index in [0.717, 1.165) is 11.1 Å². The predicted molar refractivity (Wildman–Crippen MR) is 65.9 cm³/mol. The van der Waals surface area contributed by atoms with Gasteiger partial charge in [0.05, 0.1) is 6.04 Å². The van der Waals surface area contributed by atoms with E-state index < -0.39 is 6.09 Å². The van der Waals surface area contributed by atoms with Gasteiger partial charge in [0.2, 0.25) is 0 Å². The van der Waals surface area contributed by atoms with Crippen molar-refractivity contribution in [2.45, 2.75) is 13.0 Å². The fraction of sp³-hybridized carbons (Fsp3) is 0.417. The second-order valence-electron chi connectivity index (χ2n) is 4.33. The average molecular weight is 235 g/mol. The SMILES string of the molecule is Cc1ccc(N)c(C2CNCCN2C(=O)O)c1. The Morgan fingerprint density at radius 1 is 1.59 bits per heavy atom. The van der Waals surface area contributed by atoms with Crippen LogP contribution in [0.15, 0.2) is 18.2 Å². The Hall–Kier alpha value is -1.75. The normalized spacial score (nSPS) is 20.3. The van der Waals surface area contributed by atoms with Gasteiger partial charge in [0, 0.05) is 25.3 Å². The van der Waals surface area contributed by atoms with Gasteiger partial charge in [-0.1, -0.05) is 17.7 Å². The number of piperazine rings is 1. The number of amides is 1. The molecule has 1 aromatic carbocycles. The molecule has 1 atom stereocenters. The molecular weight excluding hydrogens is 218 g/mol. The topological polar surface area (TPSA) is 78.6 Å². The molecular formula is C12H17N3O2. The van der Waals surface area contributed by atoms with Crippen molar-refractivity contribution in [2.75, 3.05) is 25.4 Å². The molecule has 0 saturated carbocycles. The average Bonchev–Trinajstić information content (AvgIpc) is 2.32. The number of nitrogens with zero attached hydrogens (tertiary/aromatic N) is 1. The lowest BCUT2D eigenvalue weighted by Crippen LogP contribution is -2.48. The predicted octanol–water partition coefficient (Wildman–Crippen LogP) is 1.20. The molecule has 1 aliphatic heterocycles. The Labute approximate surface area is 100 Å². The van der Waals surface area contributed by atoms with Gasteiger partial charge in [-0.05, 0) is 18.6 Å². The van der Waals surface area contributed by atoms with Crippen molar-refractivity contribution in [1.29, 1.82) is 0 Å². The lowest BCUT2D eigenvalue weighted by atomic mass is 9.99. The van der Waals surface area contributed by atoms with Gasteiger partial charge in [0.25, 0.3) is 0 Å². The molecule has 92 valence electrons. The van der Waals surface area contributed by atoms with E-state index in [4.69, 9.17) is 5.73 Å². The summed E-state index contributed by atoms with van der Waals surface area (Å²) in [6.07, 6.45) is -0.891. The molecule has 0 aliphatic carbocycles. The number of nitrogens with one attached hydrogen (secondary N) is 1. The lowest BCUT2D eigenvalue weighted by Gasteiger charge is -2.35. The highest BCUT2D eigenvalue weighted by atomic mass is 16.4. The van der Waals surface area contributed by atoms with Crippen LogP contribution < -0.4 is 11.1 Å². The quantitative estimate of drug-likeness (QED) is 0.639. The summed E-state index contributed by atoms with van der Waals surface area (Å²) in [4.78, 5) is 12.6. The van der Waals surface area contributed by atoms with Gasteiger partial charge in [-0.2, -0.15) is 0 Å². The minimum atomic E-state index is -0.891. The van der Waals surface area contributed by atoms with Crippen molar-refractivity contribution in [3.63, 3.8) is 0 Å². The highest BCUT2D eigenvalue weighted by Gasteiger charge is 2.28. The summed E-state index contributed by atoms with van der Waals surface area (Å²) in [5.74, 6) is 0. The van der Waals surface area contributed by atoms with Crippen molar-refractivity contribution in [1.82, 2.24) is 10.2 Å². The molecule has 1 aliphatic rings. The maximum atomic E-state index is 11.2. The molecule has 1 amide bonds. The van der Waals surface area contributed by atoms with E-state index in [1.165, 1.54) is 4.90 Å². The molecule has 0 aromatic heterocycles. The Bertz CT molecular complexity index is 434. The summed E-state index contributed by atoms with van der Waals surface area (Å²) in [6.45, 7) is 3.77. The monoisotopic (exact) mass is 235 g/mol. The second-order valence-corrected chi connectivity index (χ2v) is 4.33. The first kappa shape index (κ1) is 11.7. The van der Waals surface area contributed by atoms with Crippen molar-refractivity contribution < 1.29 is 9.90 Å². The molecule has 5 heteroatoms. The van der Waals surface area contributed by atoms with Crippen LogP contribution in [0.5, 0.6) is 0 Å². The van der Waals surface area contributed by atoms with Crippen molar-refractivity contribution in [3.05, 3.63) is 29.3 Å². The first-order chi connectivity index (χ1) is 8.09. The van der Waals surface area contributed by atoms with Gasteiger partial charge in [0.1, 0.15) is 0 Å². The second kappa shape index (κ2) is 4.63. The number of aryl methyl sites for hydroxylation is 1. The van der Waals surface area contributed by atoms with Crippen molar-refractivity contribution in [3.8, 4) is 0 Å². The third kappa shape index (κ3) is 2.34. The summed E-state index contributed by atoms with van der Waals surface area (Å²) < 4.78 is 0. The maximum absolute atomic E-state index is 11.2. The van der Waals surface area contributed by atoms with Gasteiger partial charge >= 0.3 is 6.09 Å². The Morgan fingerprint density at radius 3 is 3.06 bits per heavy atom. The fourth-order valence-electron chi connectivity index (χ4n) is 2.19. The van der Waals surface area contributed by atoms with Crippen LogP contribution >= 0.6 is 0 Å². The summed E-state index contributed by atoms with van der Waals surface area (Å²) in [6, 6.07) is 5.53. The van der Waals surface area contributed by atoms with Crippen molar-refractivity contribution in [2.24, 2.45) is 0 Å². The number of hydrogen-bond acceptors (Lipinski definition) is 3. The van der Waals surface area contributed by atoms with Gasteiger partial charge in [-0.25, -0.2) is 4.79 Å². The number of carbonyl (C=O) groups is 1. The van der Waals surface area contributed by atoms with Gasteiger partial charge in [0.15, 0.2) is 0 Å². The molecule has 1 fully saturated rings. The molecule has 2 rings (SSSR count). The number of anilines is 1. The summed E-state index contributed by atoms with van der Waals surface area (Å²) >= 11 is 0. The van der Waals surface area contributed by atoms with E-state index in [1.807, 2.05) is 25.1 Å². The smallest absolute Gasteiger partial charge is 0.407 e. The standard InChI is InChI=1S/C12H17N3O2/c1-8-2-3-10(13)9(6-8)11-7-14-4-5-15(11)12(16)17/h2-3,6,11,14H,4-5,7,13H2,1H3,(H,16,17). The Kier molecular flexibility index (Phi) is 3.19. The Balaban J connectivity index is 2.35. The molecule has 1 heterocycles. The number of rotatable bonds is 1. The van der Waals surface area contributed by atoms with Gasteiger partial charge < -0.3 is 16.2 Å². The first-order valence-corrected chi connectivity index (χ1v) is 5.66. The fourth-order valence-corrected chi connectivity index (χ4v) is 2.19. The minimum absolute atomic E-state index is 0.193. The molecule has 1 saturated heterocycles. The van der Waals surface area contributed by atoms with E-state index in [1.54, 1.807) is 0 Å². The lowest BCUT2D eigenvalue weighted by molar-refractivity contribution is 0.112. The number of benzene rings is 1. The van der Waals surface area contributed by atoms with Crippen LogP contribution in [0.4, 0.5) is 10.5 Å². The van der Waals surface area contributed by atoms with E-state index in [2.05, 4.69) is 5.32 Å². The number of nitrogen functional groups attached to an aromatic ring is 1. The minimum Gasteiger partial charge on any atom is -0.465 e. The Morgan fingerprint density at radius 2 is 2.35 bits per heavy atom. The molecule has 4 N–H and O–H groups in total. The molecule has 0 spiro atoms. The van der Waals surface area contributed by atoms with Gasteiger partial charge in [-0.3, -0.25) is 4.90 Å². The van der Waals surface area contributed by atoms with Crippen LogP contribution in [0, 0.1) is 6.92 Å². The number of carboxylic acid groups (broad SMARTS) is 1. The zero-order valence-corrected chi connectivity index (χ0v) is 9.81. The maximum Gasteiger partial charge on any atom is 0.407 e. The van der Waals surface area contributed by atoms with E-state index in [-0.39, 0.29) is 6.04 Å². The zero-order chi connectivity index (χ0) is 12.4. The largest absolute Gasteiger partial charge is 0.465 e. The van der Waals surface area contributed by atoms with Crippen LogP contribution in [0.25, 0.3) is 0 Å². The molecule has 5 nitrogen and oxygen atoms in total. The number of hydrogen-bond donors (Lipinski definition) is 3. The molecule has 0 radical (unpaired) electrons. The zero-order valence-electron chi connectivity index (χ0n) is 9.81. The molecule has 1 unspecified atom stereocenters. The van der Waals surface area contributed by atoms with Gasteiger partial charge in [-0.15, -0.1) is 0 Å². The summed E-state index contributed by atoms with van der Waals surface area (Å²) in [7, 11) is 0. The summed E-state index contributed by atoms with van der Waals surface area (Å²) in [5.41, 5.74) is 8.56. The summed E-state index contributed by atoms with van der Waals surface area (Å²) in [5, 5.41) is 12.4. The third-order valence-corrected chi connectivity index (χ3v) is 3.09. The van der Waals surface area contributed by atoms with Crippen LogP contribution in [0.1, 0.15) is 17.2 Å². The van der Waals surface area contributed by atoms with Crippen LogP contribution in [-0.2, 0) is 0 Å². The van der Waals surface area contributed by atoms with Crippen LogP contribution in [0.2, 0.25) is 0 Å². The molecule has 1 aromatic rings. The van der Waals surface area contributed by atoms with Crippen molar-refractivity contribution >= 4 is 11.8 Å². The van der Waals surface area contributed by atoms with E-state index in [9.17, 15) is 9.90 Å². The number of nitrogens with two attached hydrogens (primary N) is 1. The first-order valence-electron chi connectivity index (χ1n) is 5.66. The molecule has 0 bridgehead atoms. The molecule has 17 heavy (non-hydrogen) atoms. The highest BCUT2D eigenvalue weighted by molar-refractivity contribution is 5.67. The highest BCUT2D eigenvalue weighted by Crippen LogP contribution is 2.27. The van der Waals surface area contributed by atoms with E-state index >= 15 is 0 Å². The third-order valence-electron chi connectivity index (χ3n) is 3.09.